The minimum Gasteiger partial charge on any atom is -0.508 e. The molecule has 1 N–H and O–H groups in total. The predicted octanol–water partition coefficient (Wildman–Crippen LogP) is 2.61. The minimum atomic E-state index is 0.316. The zero-order chi connectivity index (χ0) is 10.6. The van der Waals surface area contributed by atoms with Gasteiger partial charge in [0.2, 0.25) is 0 Å². The van der Waals surface area contributed by atoms with Gasteiger partial charge in [0, 0.05) is 6.42 Å². The van der Waals surface area contributed by atoms with E-state index < -0.39 is 0 Å². The SMILES string of the molecule is CCOC(=S)Cc1ccc(O)c(C)c1. The Labute approximate surface area is 89.5 Å². The second-order valence-corrected chi connectivity index (χ2v) is 3.56. The van der Waals surface area contributed by atoms with Crippen molar-refractivity contribution in [3.63, 3.8) is 0 Å². The first-order valence-corrected chi connectivity index (χ1v) is 4.98. The quantitative estimate of drug-likeness (QED) is 0.778. The van der Waals surface area contributed by atoms with Gasteiger partial charge in [-0.1, -0.05) is 12.1 Å². The van der Waals surface area contributed by atoms with Crippen LogP contribution >= 0.6 is 12.2 Å². The number of aromatic hydroxyl groups is 1. The van der Waals surface area contributed by atoms with Crippen LogP contribution in [0, 0.1) is 6.92 Å². The van der Waals surface area contributed by atoms with Gasteiger partial charge in [-0.05, 0) is 43.3 Å². The van der Waals surface area contributed by atoms with Gasteiger partial charge in [0.15, 0.2) is 5.05 Å². The number of hydrogen-bond acceptors (Lipinski definition) is 3. The van der Waals surface area contributed by atoms with Gasteiger partial charge in [-0.15, -0.1) is 0 Å². The van der Waals surface area contributed by atoms with E-state index in [0.29, 0.717) is 23.8 Å². The number of aryl methyl sites for hydroxylation is 1. The summed E-state index contributed by atoms with van der Waals surface area (Å²) in [4.78, 5) is 0. The standard InChI is InChI=1S/C11H14O2S/c1-3-13-11(14)7-9-4-5-10(12)8(2)6-9/h4-6,12H,3,7H2,1-2H3. The summed E-state index contributed by atoms with van der Waals surface area (Å²) in [6.45, 7) is 4.38. The maximum Gasteiger partial charge on any atom is 0.164 e. The molecule has 1 aromatic rings. The van der Waals surface area contributed by atoms with Gasteiger partial charge in [-0.3, -0.25) is 0 Å². The van der Waals surface area contributed by atoms with E-state index in [9.17, 15) is 5.11 Å². The smallest absolute Gasteiger partial charge is 0.164 e. The molecule has 76 valence electrons. The van der Waals surface area contributed by atoms with Gasteiger partial charge in [0.1, 0.15) is 5.75 Å². The first-order valence-electron chi connectivity index (χ1n) is 4.57. The van der Waals surface area contributed by atoms with Gasteiger partial charge in [0.25, 0.3) is 0 Å². The van der Waals surface area contributed by atoms with Gasteiger partial charge in [-0.2, -0.15) is 0 Å². The van der Waals surface area contributed by atoms with E-state index in [1.165, 1.54) is 0 Å². The molecule has 0 amide bonds. The Kier molecular flexibility index (Phi) is 3.89. The molecular weight excluding hydrogens is 196 g/mol. The first-order chi connectivity index (χ1) is 6.63. The van der Waals surface area contributed by atoms with E-state index in [2.05, 4.69) is 0 Å². The third-order valence-corrected chi connectivity index (χ3v) is 2.18. The number of hydrogen-bond donors (Lipinski definition) is 1. The molecule has 0 radical (unpaired) electrons. The van der Waals surface area contributed by atoms with Crippen molar-refractivity contribution >= 4 is 17.3 Å². The Balaban J connectivity index is 2.68. The zero-order valence-corrected chi connectivity index (χ0v) is 9.23. The summed E-state index contributed by atoms with van der Waals surface area (Å²) >= 11 is 5.03. The number of ether oxygens (including phenoxy) is 1. The highest BCUT2D eigenvalue weighted by molar-refractivity contribution is 7.80. The Hall–Kier alpha value is -1.09. The van der Waals surface area contributed by atoms with Crippen LogP contribution in [-0.4, -0.2) is 16.8 Å². The van der Waals surface area contributed by atoms with Crippen molar-refractivity contribution in [3.05, 3.63) is 29.3 Å². The summed E-state index contributed by atoms with van der Waals surface area (Å²) < 4.78 is 5.18. The van der Waals surface area contributed by atoms with Gasteiger partial charge in [0.05, 0.1) is 6.61 Å². The predicted molar refractivity (Wildman–Crippen MR) is 60.8 cm³/mol. The fourth-order valence-electron chi connectivity index (χ4n) is 1.21. The van der Waals surface area contributed by atoms with Crippen molar-refractivity contribution < 1.29 is 9.84 Å². The molecule has 0 saturated carbocycles. The zero-order valence-electron chi connectivity index (χ0n) is 8.41. The summed E-state index contributed by atoms with van der Waals surface area (Å²) in [5, 5.41) is 9.91. The molecule has 0 heterocycles. The topological polar surface area (TPSA) is 29.5 Å². The fourth-order valence-corrected chi connectivity index (χ4v) is 1.49. The van der Waals surface area contributed by atoms with E-state index in [1.807, 2.05) is 26.0 Å². The van der Waals surface area contributed by atoms with Crippen LogP contribution in [-0.2, 0) is 11.2 Å². The lowest BCUT2D eigenvalue weighted by atomic mass is 10.1. The maximum absolute atomic E-state index is 9.32. The van der Waals surface area contributed by atoms with Crippen molar-refractivity contribution in [2.75, 3.05) is 6.61 Å². The monoisotopic (exact) mass is 210 g/mol. The largest absolute Gasteiger partial charge is 0.508 e. The van der Waals surface area contributed by atoms with Crippen molar-refractivity contribution in [3.8, 4) is 5.75 Å². The summed E-state index contributed by atoms with van der Waals surface area (Å²) in [7, 11) is 0. The lowest BCUT2D eigenvalue weighted by Crippen LogP contribution is -2.04. The van der Waals surface area contributed by atoms with Crippen molar-refractivity contribution in [2.24, 2.45) is 0 Å². The summed E-state index contributed by atoms with van der Waals surface area (Å²) in [5.41, 5.74) is 1.93. The Morgan fingerprint density at radius 2 is 2.21 bits per heavy atom. The average Bonchev–Trinajstić information content (AvgIpc) is 2.12. The van der Waals surface area contributed by atoms with E-state index >= 15 is 0 Å². The highest BCUT2D eigenvalue weighted by Crippen LogP contribution is 2.17. The molecule has 0 saturated heterocycles. The highest BCUT2D eigenvalue weighted by atomic mass is 32.1. The van der Waals surface area contributed by atoms with E-state index in [0.717, 1.165) is 11.1 Å². The Morgan fingerprint density at radius 1 is 1.50 bits per heavy atom. The molecule has 0 aliphatic rings. The Bertz CT molecular complexity index is 334. The second kappa shape index (κ2) is 4.96. The normalized spacial score (nSPS) is 9.86. The van der Waals surface area contributed by atoms with Crippen LogP contribution in [0.3, 0.4) is 0 Å². The van der Waals surface area contributed by atoms with Gasteiger partial charge >= 0.3 is 0 Å². The third kappa shape index (κ3) is 3.00. The van der Waals surface area contributed by atoms with Crippen LogP contribution in [0.1, 0.15) is 18.1 Å². The lowest BCUT2D eigenvalue weighted by Gasteiger charge is -2.06. The summed E-state index contributed by atoms with van der Waals surface area (Å²) in [6, 6.07) is 5.45. The molecule has 0 atom stereocenters. The van der Waals surface area contributed by atoms with Crippen LogP contribution in [0.2, 0.25) is 0 Å². The number of phenols is 1. The molecule has 0 aliphatic heterocycles. The number of phenolic OH excluding ortho intramolecular Hbond substituents is 1. The van der Waals surface area contributed by atoms with Crippen LogP contribution < -0.4 is 0 Å². The molecule has 0 unspecified atom stereocenters. The molecule has 1 rings (SSSR count). The van der Waals surface area contributed by atoms with E-state index in [4.69, 9.17) is 17.0 Å². The molecule has 3 heteroatoms. The molecule has 0 fully saturated rings. The lowest BCUT2D eigenvalue weighted by molar-refractivity contribution is 0.329. The highest BCUT2D eigenvalue weighted by Gasteiger charge is 2.02. The molecule has 2 nitrogen and oxygen atoms in total. The second-order valence-electron chi connectivity index (χ2n) is 3.10. The first kappa shape index (κ1) is 11.0. The molecule has 0 aromatic heterocycles. The molecule has 1 aromatic carbocycles. The number of benzene rings is 1. The molecule has 0 aliphatic carbocycles. The van der Waals surface area contributed by atoms with Crippen molar-refractivity contribution in [1.82, 2.24) is 0 Å². The van der Waals surface area contributed by atoms with Gasteiger partial charge in [-0.25, -0.2) is 0 Å². The molecule has 0 bridgehead atoms. The molecule has 0 spiro atoms. The van der Waals surface area contributed by atoms with Crippen LogP contribution in [0.25, 0.3) is 0 Å². The van der Waals surface area contributed by atoms with Gasteiger partial charge < -0.3 is 9.84 Å². The third-order valence-electron chi connectivity index (χ3n) is 1.91. The summed E-state index contributed by atoms with van der Waals surface area (Å²) in [5.74, 6) is 0.316. The number of thiocarbonyl (C=S) groups is 1. The van der Waals surface area contributed by atoms with Crippen LogP contribution in [0.15, 0.2) is 18.2 Å². The fraction of sp³-hybridized carbons (Fsp3) is 0.364. The molecular formula is C11H14O2S. The van der Waals surface area contributed by atoms with Crippen LogP contribution in [0.5, 0.6) is 5.75 Å². The van der Waals surface area contributed by atoms with Crippen LogP contribution in [0.4, 0.5) is 0 Å². The Morgan fingerprint density at radius 3 is 2.79 bits per heavy atom. The maximum atomic E-state index is 9.32. The van der Waals surface area contributed by atoms with E-state index in [1.54, 1.807) is 6.07 Å². The summed E-state index contributed by atoms with van der Waals surface area (Å²) in [6.07, 6.45) is 0.629. The van der Waals surface area contributed by atoms with Crippen molar-refractivity contribution in [1.29, 1.82) is 0 Å². The minimum absolute atomic E-state index is 0.316. The number of rotatable bonds is 3. The van der Waals surface area contributed by atoms with Crippen molar-refractivity contribution in [2.45, 2.75) is 20.3 Å². The van der Waals surface area contributed by atoms with E-state index in [-0.39, 0.29) is 0 Å². The molecule has 14 heavy (non-hydrogen) atoms. The average molecular weight is 210 g/mol.